The number of halogens is 4. The molecule has 24 heavy (non-hydrogen) atoms. The predicted octanol–water partition coefficient (Wildman–Crippen LogP) is 5.00. The number of rotatable bonds is 5. The molecule has 2 atom stereocenters. The van der Waals surface area contributed by atoms with Crippen molar-refractivity contribution < 1.29 is 27.4 Å². The van der Waals surface area contributed by atoms with Crippen LogP contribution in [0.5, 0.6) is 5.75 Å². The van der Waals surface area contributed by atoms with E-state index in [1.807, 2.05) is 13.8 Å². The lowest BCUT2D eigenvalue weighted by atomic mass is 10.1. The maximum absolute atomic E-state index is 12.1. The molecule has 0 amide bonds. The van der Waals surface area contributed by atoms with Crippen LogP contribution in [0, 0.1) is 17.3 Å². The molecule has 0 heterocycles. The van der Waals surface area contributed by atoms with Crippen LogP contribution in [0.4, 0.5) is 13.2 Å². The van der Waals surface area contributed by atoms with E-state index in [-0.39, 0.29) is 29.0 Å². The van der Waals surface area contributed by atoms with Gasteiger partial charge in [-0.1, -0.05) is 31.5 Å². The molecule has 2 unspecified atom stereocenters. The number of alkyl halides is 3. The minimum absolute atomic E-state index is 0.0739. The van der Waals surface area contributed by atoms with Gasteiger partial charge in [-0.3, -0.25) is 4.79 Å². The molecule has 3 nitrogen and oxygen atoms in total. The first-order valence-corrected chi connectivity index (χ1v) is 7.84. The number of ether oxygens (including phenoxy) is 2. The quantitative estimate of drug-likeness (QED) is 0.691. The number of allylic oxidation sites excluding steroid dienone is 1. The summed E-state index contributed by atoms with van der Waals surface area (Å²) in [6, 6.07) is 5.27. The fraction of sp³-hybridized carbons (Fsp3) is 0.471. The van der Waals surface area contributed by atoms with Crippen LogP contribution in [0.15, 0.2) is 30.3 Å². The average Bonchev–Trinajstić information content (AvgIpc) is 2.99. The minimum Gasteiger partial charge on any atom is -0.466 e. The molecular formula is C17H18ClF3O3. The highest BCUT2D eigenvalue weighted by Gasteiger charge is 2.61. The standard InChI is InChI=1S/C17H18ClF3O3/c1-4-23-15(22)14-12(16(14,2)3)9-13(18)10-5-7-11(8-6-10)24-17(19,20)21/h5-9,12,14H,4H2,1-3H3/b13-9-. The van der Waals surface area contributed by atoms with Gasteiger partial charge in [-0.25, -0.2) is 0 Å². The summed E-state index contributed by atoms with van der Waals surface area (Å²) in [6.07, 6.45) is -2.98. The van der Waals surface area contributed by atoms with Crippen molar-refractivity contribution in [1.29, 1.82) is 0 Å². The van der Waals surface area contributed by atoms with Crippen LogP contribution in [0.2, 0.25) is 0 Å². The van der Waals surface area contributed by atoms with Crippen molar-refractivity contribution in [2.75, 3.05) is 6.61 Å². The Balaban J connectivity index is 2.10. The predicted molar refractivity (Wildman–Crippen MR) is 84.3 cm³/mol. The summed E-state index contributed by atoms with van der Waals surface area (Å²) >= 11 is 6.25. The molecule has 0 spiro atoms. The Kier molecular flexibility index (Phi) is 5.18. The van der Waals surface area contributed by atoms with Crippen molar-refractivity contribution in [3.05, 3.63) is 35.9 Å². The van der Waals surface area contributed by atoms with E-state index in [9.17, 15) is 18.0 Å². The molecule has 1 aliphatic rings. The van der Waals surface area contributed by atoms with Gasteiger partial charge in [0.15, 0.2) is 0 Å². The van der Waals surface area contributed by atoms with Crippen LogP contribution >= 0.6 is 11.6 Å². The third-order valence-corrected chi connectivity index (χ3v) is 4.48. The van der Waals surface area contributed by atoms with Crippen molar-refractivity contribution in [1.82, 2.24) is 0 Å². The SMILES string of the molecule is CCOC(=O)C1C(/C=C(\Cl)c2ccc(OC(F)(F)F)cc2)C1(C)C. The number of benzene rings is 1. The molecular weight excluding hydrogens is 345 g/mol. The van der Waals surface area contributed by atoms with E-state index in [0.29, 0.717) is 17.2 Å². The Labute approximate surface area is 143 Å². The topological polar surface area (TPSA) is 35.5 Å². The zero-order valence-electron chi connectivity index (χ0n) is 13.5. The number of carbonyl (C=O) groups is 1. The third kappa shape index (κ3) is 4.23. The normalized spacial score (nSPS) is 22.9. The van der Waals surface area contributed by atoms with Crippen LogP contribution in [0.25, 0.3) is 5.03 Å². The van der Waals surface area contributed by atoms with Gasteiger partial charge in [0.1, 0.15) is 5.75 Å². The Morgan fingerprint density at radius 1 is 1.29 bits per heavy atom. The number of hydrogen-bond acceptors (Lipinski definition) is 3. The fourth-order valence-electron chi connectivity index (χ4n) is 2.74. The van der Waals surface area contributed by atoms with Crippen LogP contribution in [0.3, 0.4) is 0 Å². The fourth-order valence-corrected chi connectivity index (χ4v) is 3.00. The van der Waals surface area contributed by atoms with Crippen LogP contribution in [0.1, 0.15) is 26.3 Å². The van der Waals surface area contributed by atoms with Crippen molar-refractivity contribution in [3.63, 3.8) is 0 Å². The summed E-state index contributed by atoms with van der Waals surface area (Å²) in [5.41, 5.74) is 0.294. The number of carbonyl (C=O) groups excluding carboxylic acids is 1. The van der Waals surface area contributed by atoms with E-state index in [0.717, 1.165) is 0 Å². The van der Waals surface area contributed by atoms with E-state index in [2.05, 4.69) is 4.74 Å². The highest BCUT2D eigenvalue weighted by Crippen LogP contribution is 2.60. The van der Waals surface area contributed by atoms with E-state index in [4.69, 9.17) is 16.3 Å². The van der Waals surface area contributed by atoms with E-state index < -0.39 is 6.36 Å². The van der Waals surface area contributed by atoms with E-state index in [1.54, 1.807) is 13.0 Å². The van der Waals surface area contributed by atoms with Gasteiger partial charge in [-0.05, 0) is 48.1 Å². The first-order valence-electron chi connectivity index (χ1n) is 7.46. The summed E-state index contributed by atoms with van der Waals surface area (Å²) in [6.45, 7) is 5.95. The van der Waals surface area contributed by atoms with Gasteiger partial charge in [0.05, 0.1) is 12.5 Å². The monoisotopic (exact) mass is 362 g/mol. The summed E-state index contributed by atoms with van der Waals surface area (Å²) in [5, 5.41) is 0.374. The van der Waals surface area contributed by atoms with Gasteiger partial charge < -0.3 is 9.47 Å². The molecule has 0 saturated heterocycles. The molecule has 1 fully saturated rings. The number of hydrogen-bond donors (Lipinski definition) is 0. The van der Waals surface area contributed by atoms with Gasteiger partial charge in [-0.15, -0.1) is 13.2 Å². The smallest absolute Gasteiger partial charge is 0.466 e. The van der Waals surface area contributed by atoms with Crippen molar-refractivity contribution in [3.8, 4) is 5.75 Å². The lowest BCUT2D eigenvalue weighted by molar-refractivity contribution is -0.274. The van der Waals surface area contributed by atoms with Crippen molar-refractivity contribution >= 4 is 22.6 Å². The molecule has 132 valence electrons. The zero-order valence-corrected chi connectivity index (χ0v) is 14.2. The summed E-state index contributed by atoms with van der Waals surface area (Å²) in [5.74, 6) is -0.914. The molecule has 7 heteroatoms. The van der Waals surface area contributed by atoms with Crippen molar-refractivity contribution in [2.24, 2.45) is 17.3 Å². The van der Waals surface area contributed by atoms with Gasteiger partial charge in [0.25, 0.3) is 0 Å². The van der Waals surface area contributed by atoms with Gasteiger partial charge >= 0.3 is 12.3 Å². The zero-order chi connectivity index (χ0) is 18.1. The summed E-state index contributed by atoms with van der Waals surface area (Å²) < 4.78 is 45.3. The maximum Gasteiger partial charge on any atom is 0.573 e. The van der Waals surface area contributed by atoms with Crippen LogP contribution < -0.4 is 4.74 Å². The Bertz CT molecular complexity index is 635. The third-order valence-electron chi connectivity index (χ3n) is 4.14. The first-order chi connectivity index (χ1) is 11.1. The molecule has 0 radical (unpaired) electrons. The average molecular weight is 363 g/mol. The van der Waals surface area contributed by atoms with Gasteiger partial charge in [0, 0.05) is 5.03 Å². The second-order valence-electron chi connectivity index (χ2n) is 6.16. The highest BCUT2D eigenvalue weighted by molar-refractivity contribution is 6.48. The van der Waals surface area contributed by atoms with E-state index >= 15 is 0 Å². The van der Waals surface area contributed by atoms with Gasteiger partial charge in [-0.2, -0.15) is 0 Å². The van der Waals surface area contributed by atoms with E-state index in [1.165, 1.54) is 24.3 Å². The van der Waals surface area contributed by atoms with Crippen LogP contribution in [-0.2, 0) is 9.53 Å². The Hall–Kier alpha value is -1.69. The molecule has 1 saturated carbocycles. The largest absolute Gasteiger partial charge is 0.573 e. The lowest BCUT2D eigenvalue weighted by Gasteiger charge is -2.09. The molecule has 1 aliphatic carbocycles. The van der Waals surface area contributed by atoms with Crippen LogP contribution in [-0.4, -0.2) is 18.9 Å². The molecule has 0 N–H and O–H groups in total. The molecule has 1 aromatic carbocycles. The molecule has 2 rings (SSSR count). The maximum atomic E-state index is 12.1. The Morgan fingerprint density at radius 2 is 1.88 bits per heavy atom. The first kappa shape index (κ1) is 18.6. The highest BCUT2D eigenvalue weighted by atomic mass is 35.5. The summed E-state index contributed by atoms with van der Waals surface area (Å²) in [4.78, 5) is 11.9. The Morgan fingerprint density at radius 3 is 2.38 bits per heavy atom. The van der Waals surface area contributed by atoms with Gasteiger partial charge in [0.2, 0.25) is 0 Å². The second kappa shape index (κ2) is 6.67. The number of esters is 1. The second-order valence-corrected chi connectivity index (χ2v) is 6.57. The molecule has 1 aromatic rings. The lowest BCUT2D eigenvalue weighted by Crippen LogP contribution is -2.16. The van der Waals surface area contributed by atoms with Crippen molar-refractivity contribution in [2.45, 2.75) is 27.1 Å². The summed E-state index contributed by atoms with van der Waals surface area (Å²) in [7, 11) is 0. The molecule has 0 aliphatic heterocycles. The minimum atomic E-state index is -4.73. The molecule has 0 bridgehead atoms. The molecule has 0 aromatic heterocycles.